The third-order valence-corrected chi connectivity index (χ3v) is 3.86. The van der Waals surface area contributed by atoms with Crippen molar-refractivity contribution in [3.05, 3.63) is 29.8 Å². The number of fused-ring (bicyclic) bond motifs is 2. The van der Waals surface area contributed by atoms with Gasteiger partial charge in [0.2, 0.25) is 0 Å². The molecule has 2 bridgehead atoms. The lowest BCUT2D eigenvalue weighted by Gasteiger charge is -2.34. The standard InChI is InChI=1S/C14H18N2O2/c1-10-4-2-3-5-13(10)15-14(17)16-11-6-7-12(16)9-18-8-11/h2-5,11-12H,6-9H2,1H3,(H,15,17)/t11-,12-/m0/s1. The van der Waals surface area contributed by atoms with Crippen LogP contribution in [0.15, 0.2) is 24.3 Å². The number of rotatable bonds is 1. The van der Waals surface area contributed by atoms with Gasteiger partial charge in [0.15, 0.2) is 0 Å². The molecule has 96 valence electrons. The summed E-state index contributed by atoms with van der Waals surface area (Å²) in [4.78, 5) is 14.3. The third kappa shape index (κ3) is 1.97. The first kappa shape index (κ1) is 11.5. The molecule has 18 heavy (non-hydrogen) atoms. The van der Waals surface area contributed by atoms with Crippen LogP contribution in [0.5, 0.6) is 0 Å². The highest BCUT2D eigenvalue weighted by Gasteiger charge is 2.40. The van der Waals surface area contributed by atoms with Gasteiger partial charge in [0.05, 0.1) is 25.3 Å². The Morgan fingerprint density at radius 1 is 1.28 bits per heavy atom. The number of morpholine rings is 1. The van der Waals surface area contributed by atoms with E-state index in [0.717, 1.165) is 24.1 Å². The third-order valence-electron chi connectivity index (χ3n) is 3.86. The van der Waals surface area contributed by atoms with Gasteiger partial charge in [0, 0.05) is 5.69 Å². The van der Waals surface area contributed by atoms with Crippen LogP contribution < -0.4 is 5.32 Å². The Morgan fingerprint density at radius 3 is 2.61 bits per heavy atom. The van der Waals surface area contributed by atoms with E-state index in [9.17, 15) is 4.79 Å². The number of nitrogens with one attached hydrogen (secondary N) is 1. The highest BCUT2D eigenvalue weighted by Crippen LogP contribution is 2.29. The number of para-hydroxylation sites is 1. The number of anilines is 1. The maximum absolute atomic E-state index is 12.3. The number of hydrogen-bond donors (Lipinski definition) is 1. The lowest BCUT2D eigenvalue weighted by atomic mass is 10.2. The summed E-state index contributed by atoms with van der Waals surface area (Å²) in [6, 6.07) is 8.39. The van der Waals surface area contributed by atoms with Crippen LogP contribution in [0.1, 0.15) is 18.4 Å². The molecule has 2 saturated heterocycles. The number of ether oxygens (including phenoxy) is 1. The van der Waals surface area contributed by atoms with Crippen LogP contribution in [-0.4, -0.2) is 36.2 Å². The normalized spacial score (nSPS) is 26.2. The van der Waals surface area contributed by atoms with E-state index >= 15 is 0 Å². The molecule has 3 rings (SSSR count). The molecule has 2 fully saturated rings. The summed E-state index contributed by atoms with van der Waals surface area (Å²) in [5.41, 5.74) is 1.99. The van der Waals surface area contributed by atoms with E-state index in [1.54, 1.807) is 0 Å². The molecule has 0 unspecified atom stereocenters. The van der Waals surface area contributed by atoms with Crippen molar-refractivity contribution in [1.82, 2.24) is 4.90 Å². The molecular weight excluding hydrogens is 228 g/mol. The van der Waals surface area contributed by atoms with E-state index in [-0.39, 0.29) is 18.1 Å². The molecule has 0 spiro atoms. The maximum atomic E-state index is 12.3. The monoisotopic (exact) mass is 246 g/mol. The Kier molecular flexibility index (Phi) is 2.96. The number of aryl methyl sites for hydroxylation is 1. The number of urea groups is 1. The largest absolute Gasteiger partial charge is 0.377 e. The van der Waals surface area contributed by atoms with Crippen molar-refractivity contribution in [2.75, 3.05) is 18.5 Å². The van der Waals surface area contributed by atoms with Gasteiger partial charge in [0.25, 0.3) is 0 Å². The molecule has 4 heteroatoms. The van der Waals surface area contributed by atoms with Crippen molar-refractivity contribution in [2.24, 2.45) is 0 Å². The van der Waals surface area contributed by atoms with Crippen LogP contribution in [0.3, 0.4) is 0 Å². The van der Waals surface area contributed by atoms with Crippen molar-refractivity contribution in [3.8, 4) is 0 Å². The van der Waals surface area contributed by atoms with Gasteiger partial charge in [-0.05, 0) is 31.4 Å². The van der Waals surface area contributed by atoms with Crippen molar-refractivity contribution in [2.45, 2.75) is 31.8 Å². The quantitative estimate of drug-likeness (QED) is 0.826. The van der Waals surface area contributed by atoms with Gasteiger partial charge in [0.1, 0.15) is 0 Å². The molecule has 2 aliphatic heterocycles. The zero-order valence-electron chi connectivity index (χ0n) is 10.6. The maximum Gasteiger partial charge on any atom is 0.322 e. The Labute approximate surface area is 107 Å². The van der Waals surface area contributed by atoms with E-state index in [1.807, 2.05) is 36.1 Å². The summed E-state index contributed by atoms with van der Waals surface area (Å²) in [6.07, 6.45) is 2.12. The fraction of sp³-hybridized carbons (Fsp3) is 0.500. The van der Waals surface area contributed by atoms with Crippen LogP contribution >= 0.6 is 0 Å². The molecule has 2 atom stereocenters. The van der Waals surface area contributed by atoms with E-state index in [4.69, 9.17) is 4.74 Å². The molecule has 1 N–H and O–H groups in total. The van der Waals surface area contributed by atoms with Crippen molar-refractivity contribution in [3.63, 3.8) is 0 Å². The predicted molar refractivity (Wildman–Crippen MR) is 69.7 cm³/mol. The topological polar surface area (TPSA) is 41.6 Å². The van der Waals surface area contributed by atoms with Crippen molar-refractivity contribution >= 4 is 11.7 Å². The van der Waals surface area contributed by atoms with E-state index < -0.39 is 0 Å². The lowest BCUT2D eigenvalue weighted by Crippen LogP contribution is -2.50. The molecule has 2 heterocycles. The molecule has 1 aromatic carbocycles. The summed E-state index contributed by atoms with van der Waals surface area (Å²) in [6.45, 7) is 3.36. The first-order valence-corrected chi connectivity index (χ1v) is 6.48. The molecule has 2 aliphatic rings. The van der Waals surface area contributed by atoms with Crippen LogP contribution in [0.2, 0.25) is 0 Å². The number of benzene rings is 1. The van der Waals surface area contributed by atoms with Gasteiger partial charge in [-0.15, -0.1) is 0 Å². The minimum Gasteiger partial charge on any atom is -0.377 e. The van der Waals surface area contributed by atoms with Gasteiger partial charge in [-0.2, -0.15) is 0 Å². The van der Waals surface area contributed by atoms with Gasteiger partial charge in [-0.3, -0.25) is 0 Å². The van der Waals surface area contributed by atoms with Crippen LogP contribution in [0, 0.1) is 6.92 Å². The molecule has 2 amide bonds. The molecule has 0 aromatic heterocycles. The molecule has 0 aliphatic carbocycles. The minimum atomic E-state index is 0.0140. The van der Waals surface area contributed by atoms with Gasteiger partial charge < -0.3 is 15.0 Å². The molecule has 0 saturated carbocycles. The number of amides is 2. The fourth-order valence-electron chi connectivity index (χ4n) is 2.85. The van der Waals surface area contributed by atoms with Gasteiger partial charge in [-0.1, -0.05) is 18.2 Å². The Hall–Kier alpha value is -1.55. The summed E-state index contributed by atoms with van der Waals surface area (Å²) < 4.78 is 5.49. The average Bonchev–Trinajstić information content (AvgIpc) is 2.62. The molecular formula is C14H18N2O2. The predicted octanol–water partition coefficient (Wildman–Crippen LogP) is 2.39. The first-order valence-electron chi connectivity index (χ1n) is 6.48. The van der Waals surface area contributed by atoms with E-state index in [0.29, 0.717) is 13.2 Å². The first-order chi connectivity index (χ1) is 8.75. The second-order valence-corrected chi connectivity index (χ2v) is 5.07. The Balaban J connectivity index is 1.74. The van der Waals surface area contributed by atoms with E-state index in [2.05, 4.69) is 5.32 Å². The Morgan fingerprint density at radius 2 is 1.94 bits per heavy atom. The zero-order chi connectivity index (χ0) is 12.5. The highest BCUT2D eigenvalue weighted by molar-refractivity contribution is 5.90. The zero-order valence-corrected chi connectivity index (χ0v) is 10.6. The van der Waals surface area contributed by atoms with Crippen molar-refractivity contribution < 1.29 is 9.53 Å². The average molecular weight is 246 g/mol. The molecule has 4 nitrogen and oxygen atoms in total. The number of hydrogen-bond acceptors (Lipinski definition) is 2. The molecule has 1 aromatic rings. The fourth-order valence-corrected chi connectivity index (χ4v) is 2.85. The lowest BCUT2D eigenvalue weighted by molar-refractivity contribution is 0.00949. The smallest absolute Gasteiger partial charge is 0.322 e. The number of nitrogens with zero attached hydrogens (tertiary/aromatic N) is 1. The SMILES string of the molecule is Cc1ccccc1NC(=O)N1[C@H]2CC[C@H]1COC2. The van der Waals surface area contributed by atoms with Gasteiger partial charge in [-0.25, -0.2) is 4.79 Å². The number of carbonyl (C=O) groups excluding carboxylic acids is 1. The number of carbonyl (C=O) groups is 1. The second kappa shape index (κ2) is 4.61. The van der Waals surface area contributed by atoms with Gasteiger partial charge >= 0.3 is 6.03 Å². The summed E-state index contributed by atoms with van der Waals surface area (Å²) >= 11 is 0. The van der Waals surface area contributed by atoms with Crippen LogP contribution in [-0.2, 0) is 4.74 Å². The van der Waals surface area contributed by atoms with Crippen molar-refractivity contribution in [1.29, 1.82) is 0 Å². The second-order valence-electron chi connectivity index (χ2n) is 5.07. The Bertz CT molecular complexity index is 445. The van der Waals surface area contributed by atoms with Crippen LogP contribution in [0.4, 0.5) is 10.5 Å². The van der Waals surface area contributed by atoms with E-state index in [1.165, 1.54) is 0 Å². The summed E-state index contributed by atoms with van der Waals surface area (Å²) in [7, 11) is 0. The highest BCUT2D eigenvalue weighted by atomic mass is 16.5. The minimum absolute atomic E-state index is 0.0140. The summed E-state index contributed by atoms with van der Waals surface area (Å²) in [5.74, 6) is 0. The van der Waals surface area contributed by atoms with Crippen LogP contribution in [0.25, 0.3) is 0 Å². The summed E-state index contributed by atoms with van der Waals surface area (Å²) in [5, 5.41) is 3.01. The molecule has 0 radical (unpaired) electrons.